The molecule has 3 heterocycles. The summed E-state index contributed by atoms with van der Waals surface area (Å²) in [5.74, 6) is -2.29. The van der Waals surface area contributed by atoms with Crippen molar-refractivity contribution in [2.24, 2.45) is 5.92 Å². The number of nitrogens with one attached hydrogen (secondary N) is 1. The molecule has 48 heavy (non-hydrogen) atoms. The highest BCUT2D eigenvalue weighted by Gasteiger charge is 2.47. The van der Waals surface area contributed by atoms with E-state index in [4.69, 9.17) is 9.47 Å². The normalized spacial score (nSPS) is 22.9. The first-order chi connectivity index (χ1) is 23.1. The number of alkyl halides is 3. The number of benzene rings is 3. The summed E-state index contributed by atoms with van der Waals surface area (Å²) in [4.78, 5) is 25.3. The monoisotopic (exact) mass is 682 g/mol. The van der Waals surface area contributed by atoms with Gasteiger partial charge in [-0.25, -0.2) is 0 Å². The number of aliphatic hydroxyl groups is 1. The summed E-state index contributed by atoms with van der Waals surface area (Å²) in [7, 11) is 0. The molecule has 1 aromatic heterocycles. The van der Waals surface area contributed by atoms with Gasteiger partial charge >= 0.3 is 12.1 Å². The van der Waals surface area contributed by atoms with E-state index in [1.165, 1.54) is 11.8 Å². The minimum absolute atomic E-state index is 0.0806. The number of tetrazole rings is 1. The van der Waals surface area contributed by atoms with Crippen molar-refractivity contribution < 1.29 is 37.3 Å². The van der Waals surface area contributed by atoms with E-state index in [2.05, 4.69) is 20.8 Å². The number of ether oxygens (including phenoxy) is 2. The zero-order chi connectivity index (χ0) is 33.8. The maximum Gasteiger partial charge on any atom is 0.471 e. The Morgan fingerprint density at radius 2 is 1.71 bits per heavy atom. The second kappa shape index (κ2) is 14.4. The first-order valence-electron chi connectivity index (χ1n) is 15.4. The zero-order valence-corrected chi connectivity index (χ0v) is 26.6. The lowest BCUT2D eigenvalue weighted by Gasteiger charge is -2.41. The number of aromatic nitrogens is 4. The molecule has 15 heteroatoms. The number of thioether (sulfide) groups is 1. The van der Waals surface area contributed by atoms with Gasteiger partial charge in [-0.15, -0.1) is 5.10 Å². The van der Waals surface area contributed by atoms with Crippen molar-refractivity contribution in [2.75, 3.05) is 17.6 Å². The van der Waals surface area contributed by atoms with Gasteiger partial charge in [-0.1, -0.05) is 73.3 Å². The molecule has 2 fully saturated rings. The van der Waals surface area contributed by atoms with Crippen molar-refractivity contribution in [3.63, 3.8) is 0 Å². The molecule has 0 spiro atoms. The molecular weight excluding hydrogens is 649 g/mol. The summed E-state index contributed by atoms with van der Waals surface area (Å²) >= 11 is 1.45. The average Bonchev–Trinajstić information content (AvgIpc) is 3.78. The Balaban J connectivity index is 1.18. The molecule has 2 N–H and O–H groups in total. The molecule has 0 radical (unpaired) electrons. The van der Waals surface area contributed by atoms with Crippen molar-refractivity contribution in [2.45, 2.75) is 62.2 Å². The Labute approximate surface area is 278 Å². The minimum Gasteiger partial charge on any atom is -0.392 e. The number of nitrogens with zero attached hydrogens (tertiary/aromatic N) is 5. The van der Waals surface area contributed by atoms with Crippen LogP contribution in [0.5, 0.6) is 0 Å². The number of halogens is 3. The number of hydrogen-bond acceptors (Lipinski definition) is 9. The van der Waals surface area contributed by atoms with Crippen LogP contribution in [0.25, 0.3) is 5.69 Å². The highest BCUT2D eigenvalue weighted by molar-refractivity contribution is 7.99. The van der Waals surface area contributed by atoms with Crippen LogP contribution in [0.15, 0.2) is 84.0 Å². The minimum atomic E-state index is -5.05. The van der Waals surface area contributed by atoms with Gasteiger partial charge in [0.15, 0.2) is 6.29 Å². The van der Waals surface area contributed by atoms with Gasteiger partial charge < -0.3 is 24.8 Å². The quantitative estimate of drug-likeness (QED) is 0.228. The van der Waals surface area contributed by atoms with E-state index in [0.29, 0.717) is 33.5 Å². The van der Waals surface area contributed by atoms with Crippen LogP contribution in [0.3, 0.4) is 0 Å². The highest BCUT2D eigenvalue weighted by atomic mass is 32.2. The zero-order valence-electron chi connectivity index (χ0n) is 25.8. The fraction of sp³-hybridized carbons (Fsp3) is 0.364. The number of likely N-dealkylation sites (tertiary alicyclic amines) is 1. The fourth-order valence-electron chi connectivity index (χ4n) is 5.86. The average molecular weight is 683 g/mol. The van der Waals surface area contributed by atoms with E-state index in [-0.39, 0.29) is 37.7 Å². The topological polar surface area (TPSA) is 132 Å². The summed E-state index contributed by atoms with van der Waals surface area (Å²) < 4.78 is 53.8. The van der Waals surface area contributed by atoms with Gasteiger partial charge in [-0.3, -0.25) is 9.59 Å². The predicted molar refractivity (Wildman–Crippen MR) is 169 cm³/mol. The lowest BCUT2D eigenvalue weighted by molar-refractivity contribution is -0.268. The van der Waals surface area contributed by atoms with Gasteiger partial charge in [0, 0.05) is 29.5 Å². The first-order valence-corrected chi connectivity index (χ1v) is 16.4. The summed E-state index contributed by atoms with van der Waals surface area (Å²) in [5.41, 5.74) is 3.53. The van der Waals surface area contributed by atoms with Gasteiger partial charge in [0.05, 0.1) is 24.5 Å². The van der Waals surface area contributed by atoms with Crippen molar-refractivity contribution >= 4 is 29.3 Å². The molecule has 3 aromatic carbocycles. The van der Waals surface area contributed by atoms with Crippen LogP contribution in [0.4, 0.5) is 18.9 Å². The molecule has 4 aromatic rings. The summed E-state index contributed by atoms with van der Waals surface area (Å²) in [6.45, 7) is 1.83. The van der Waals surface area contributed by atoms with Crippen LogP contribution >= 0.6 is 11.8 Å². The van der Waals surface area contributed by atoms with Gasteiger partial charge in [-0.05, 0) is 58.7 Å². The fourth-order valence-corrected chi connectivity index (χ4v) is 6.91. The molecule has 0 aliphatic carbocycles. The van der Waals surface area contributed by atoms with Crippen LogP contribution in [-0.4, -0.2) is 72.6 Å². The van der Waals surface area contributed by atoms with Crippen LogP contribution in [0, 0.1) is 5.92 Å². The number of aliphatic hydroxyl groups excluding tert-OH is 1. The Hall–Kier alpha value is -4.31. The second-order valence-corrected chi connectivity index (χ2v) is 12.6. The summed E-state index contributed by atoms with van der Waals surface area (Å²) in [5, 5.41) is 25.0. The lowest BCUT2D eigenvalue weighted by Crippen LogP contribution is -2.48. The molecular formula is C33H33F3N6O5S. The number of para-hydroxylation sites is 1. The van der Waals surface area contributed by atoms with Crippen molar-refractivity contribution in [1.29, 1.82) is 0 Å². The van der Waals surface area contributed by atoms with E-state index < -0.39 is 30.3 Å². The van der Waals surface area contributed by atoms with E-state index in [0.717, 1.165) is 16.8 Å². The predicted octanol–water partition coefficient (Wildman–Crippen LogP) is 5.23. The van der Waals surface area contributed by atoms with Crippen molar-refractivity contribution in [3.8, 4) is 5.69 Å². The van der Waals surface area contributed by atoms with Crippen LogP contribution < -0.4 is 5.32 Å². The molecule has 6 rings (SSSR count). The molecule has 252 valence electrons. The van der Waals surface area contributed by atoms with Crippen molar-refractivity contribution in [1.82, 2.24) is 25.1 Å². The molecule has 0 unspecified atom stereocenters. The number of hydrogen-bond donors (Lipinski definition) is 2. The molecule has 2 amide bonds. The maximum atomic E-state index is 13.0. The summed E-state index contributed by atoms with van der Waals surface area (Å²) in [6.07, 6.45) is -6.07. The molecule has 2 aliphatic heterocycles. The number of amides is 2. The van der Waals surface area contributed by atoms with E-state index >= 15 is 0 Å². The van der Waals surface area contributed by atoms with E-state index in [1.54, 1.807) is 28.9 Å². The lowest BCUT2D eigenvalue weighted by atomic mass is 9.91. The largest absolute Gasteiger partial charge is 0.471 e. The summed E-state index contributed by atoms with van der Waals surface area (Å²) in [6, 6.07) is 22.5. The Kier molecular flexibility index (Phi) is 10.1. The smallest absolute Gasteiger partial charge is 0.392 e. The maximum absolute atomic E-state index is 13.0. The third-order valence-electron chi connectivity index (χ3n) is 8.45. The van der Waals surface area contributed by atoms with E-state index in [1.807, 2.05) is 61.5 Å². The van der Waals surface area contributed by atoms with Crippen molar-refractivity contribution in [3.05, 3.63) is 95.6 Å². The highest BCUT2D eigenvalue weighted by Crippen LogP contribution is 2.43. The molecule has 0 bridgehead atoms. The Morgan fingerprint density at radius 1 is 1.00 bits per heavy atom. The van der Waals surface area contributed by atoms with Gasteiger partial charge in [0.25, 0.3) is 0 Å². The second-order valence-electron chi connectivity index (χ2n) is 11.6. The first kappa shape index (κ1) is 33.6. The molecule has 2 saturated heterocycles. The van der Waals surface area contributed by atoms with E-state index in [9.17, 15) is 27.9 Å². The van der Waals surface area contributed by atoms with Gasteiger partial charge in [0.1, 0.15) is 6.04 Å². The number of carbonyl (C=O) groups is 2. The Morgan fingerprint density at radius 3 is 2.40 bits per heavy atom. The van der Waals surface area contributed by atoms with Gasteiger partial charge in [0.2, 0.25) is 11.1 Å². The molecule has 2 aliphatic rings. The Bertz CT molecular complexity index is 1710. The third-order valence-corrected chi connectivity index (χ3v) is 9.46. The SMILES string of the molecule is C[C@@H]1[C@H](CSc2nnnn2-c2ccccc2)O[C@H](c2ccc(NC(=O)[C@@H]3CCCN3C(=O)C(F)(F)F)cc2)O[C@@H]1c1ccc(CO)cc1. The number of carbonyl (C=O) groups excluding carboxylic acids is 2. The standard InChI is InChI=1S/C33H33F3N6O5S/c1-20-27(19-48-32-38-39-40-42(32)25-6-3-2-4-7-25)46-30(47-28(20)22-11-9-21(18-43)10-12-22)23-13-15-24(16-14-23)37-29(44)26-8-5-17-41(26)31(45)33(34,35)36/h2-4,6-7,9-16,20,26-28,30,43H,5,8,17-19H2,1H3,(H,37,44)/t20-,26+,27+,28+,30+/m1/s1. The molecule has 11 nitrogen and oxygen atoms in total. The van der Waals surface area contributed by atoms with Crippen LogP contribution in [0.2, 0.25) is 0 Å². The van der Waals surface area contributed by atoms with Crippen LogP contribution in [-0.2, 0) is 25.7 Å². The number of rotatable bonds is 9. The van der Waals surface area contributed by atoms with Crippen LogP contribution in [0.1, 0.15) is 48.8 Å². The molecule has 5 atom stereocenters. The molecule has 0 saturated carbocycles. The third kappa shape index (κ3) is 7.38. The van der Waals surface area contributed by atoms with Gasteiger partial charge in [-0.2, -0.15) is 17.9 Å². The number of anilines is 1.